The summed E-state index contributed by atoms with van der Waals surface area (Å²) in [5.74, 6) is -0.193. The molecule has 0 saturated heterocycles. The van der Waals surface area contributed by atoms with E-state index in [0.717, 1.165) is 6.42 Å². The molecule has 0 spiro atoms. The zero-order valence-corrected chi connectivity index (χ0v) is 14.7. The molecule has 1 aromatic carbocycles. The number of imide groups is 1. The Hall–Kier alpha value is -2.77. The number of carbonyl (C=O) groups is 3. The van der Waals surface area contributed by atoms with E-state index in [-0.39, 0.29) is 25.0 Å². The maximum Gasteiger partial charge on any atom is 0.321 e. The summed E-state index contributed by atoms with van der Waals surface area (Å²) >= 11 is 0. The van der Waals surface area contributed by atoms with Crippen molar-refractivity contribution in [1.82, 2.24) is 16.0 Å². The number of carbonyl (C=O) groups excluding carboxylic acids is 3. The van der Waals surface area contributed by atoms with E-state index in [4.69, 9.17) is 4.74 Å². The maximum absolute atomic E-state index is 12.2. The first kappa shape index (κ1) is 18.6. The van der Waals surface area contributed by atoms with Gasteiger partial charge in [0.25, 0.3) is 5.91 Å². The number of likely N-dealkylation sites (N-methyl/N-ethyl adjacent to an activating group) is 1. The molecule has 136 valence electrons. The molecule has 0 aromatic heterocycles. The highest BCUT2D eigenvalue weighted by atomic mass is 16.5. The predicted octanol–water partition coefficient (Wildman–Crippen LogP) is 0.624. The zero-order valence-electron chi connectivity index (χ0n) is 14.7. The average Bonchev–Trinajstić information content (AvgIpc) is 2.60. The molecule has 0 saturated carbocycles. The van der Waals surface area contributed by atoms with Crippen LogP contribution >= 0.6 is 0 Å². The number of hydrogen-bond donors (Lipinski definition) is 3. The number of rotatable bonds is 5. The van der Waals surface area contributed by atoms with Gasteiger partial charge in [-0.05, 0) is 25.5 Å². The molecule has 3 N–H and O–H groups in total. The van der Waals surface area contributed by atoms with Gasteiger partial charge in [-0.1, -0.05) is 19.1 Å². The first-order valence-corrected chi connectivity index (χ1v) is 8.27. The molecule has 2 atom stereocenters. The smallest absolute Gasteiger partial charge is 0.321 e. The van der Waals surface area contributed by atoms with Gasteiger partial charge in [0.15, 0.2) is 6.10 Å². The SMILES string of the molecule is CC[C@@H](C)NC(=O)NC(=O)CN1C[C@H](C(=O)NC)Oc2ccccc21. The minimum absolute atomic E-state index is 0.0189. The summed E-state index contributed by atoms with van der Waals surface area (Å²) in [4.78, 5) is 37.6. The number of nitrogens with one attached hydrogen (secondary N) is 3. The molecule has 1 aliphatic rings. The van der Waals surface area contributed by atoms with Gasteiger partial charge in [-0.2, -0.15) is 0 Å². The molecule has 1 aromatic rings. The molecule has 8 heteroatoms. The summed E-state index contributed by atoms with van der Waals surface area (Å²) in [6.45, 7) is 3.96. The van der Waals surface area contributed by atoms with Crippen LogP contribution in [-0.4, -0.2) is 50.1 Å². The third kappa shape index (κ3) is 4.85. The standard InChI is InChI=1S/C17H24N4O4/c1-4-11(2)19-17(24)20-15(22)10-21-9-14(16(23)18-3)25-13-8-6-5-7-12(13)21/h5-8,11,14H,4,9-10H2,1-3H3,(H,18,23)(H2,19,20,22,24)/t11-,14-/m1/s1. The molecule has 0 aliphatic carbocycles. The summed E-state index contributed by atoms with van der Waals surface area (Å²) < 4.78 is 5.68. The fourth-order valence-corrected chi connectivity index (χ4v) is 2.46. The van der Waals surface area contributed by atoms with Crippen LogP contribution in [0.4, 0.5) is 10.5 Å². The molecule has 0 bridgehead atoms. The molecule has 25 heavy (non-hydrogen) atoms. The van der Waals surface area contributed by atoms with Crippen molar-refractivity contribution in [3.05, 3.63) is 24.3 Å². The highest BCUT2D eigenvalue weighted by Gasteiger charge is 2.31. The van der Waals surface area contributed by atoms with E-state index in [0.29, 0.717) is 11.4 Å². The first-order valence-electron chi connectivity index (χ1n) is 8.27. The molecule has 0 fully saturated rings. The Morgan fingerprint density at radius 1 is 1.32 bits per heavy atom. The molecule has 1 aliphatic heterocycles. The van der Waals surface area contributed by atoms with Gasteiger partial charge >= 0.3 is 6.03 Å². The zero-order chi connectivity index (χ0) is 18.4. The number of fused-ring (bicyclic) bond motifs is 1. The Bertz CT molecular complexity index is 649. The summed E-state index contributed by atoms with van der Waals surface area (Å²) in [6, 6.07) is 6.62. The number of ether oxygens (including phenoxy) is 1. The van der Waals surface area contributed by atoms with Crippen molar-refractivity contribution in [3.8, 4) is 5.75 Å². The lowest BCUT2D eigenvalue weighted by Gasteiger charge is -2.34. The highest BCUT2D eigenvalue weighted by Crippen LogP contribution is 2.32. The molecular formula is C17H24N4O4. The van der Waals surface area contributed by atoms with Gasteiger partial charge in [0.1, 0.15) is 5.75 Å². The van der Waals surface area contributed by atoms with E-state index in [9.17, 15) is 14.4 Å². The van der Waals surface area contributed by atoms with Crippen molar-refractivity contribution in [2.45, 2.75) is 32.4 Å². The Morgan fingerprint density at radius 2 is 2.04 bits per heavy atom. The number of hydrogen-bond acceptors (Lipinski definition) is 5. The Labute approximate surface area is 146 Å². The van der Waals surface area contributed by atoms with Gasteiger partial charge < -0.3 is 20.3 Å². The number of para-hydroxylation sites is 2. The quantitative estimate of drug-likeness (QED) is 0.725. The average molecular weight is 348 g/mol. The monoisotopic (exact) mass is 348 g/mol. The largest absolute Gasteiger partial charge is 0.477 e. The van der Waals surface area contributed by atoms with E-state index in [1.165, 1.54) is 7.05 Å². The fraction of sp³-hybridized carbons (Fsp3) is 0.471. The van der Waals surface area contributed by atoms with Crippen LogP contribution in [0.1, 0.15) is 20.3 Å². The van der Waals surface area contributed by atoms with Crippen LogP contribution in [0.3, 0.4) is 0 Å². The number of nitrogens with zero attached hydrogens (tertiary/aromatic N) is 1. The van der Waals surface area contributed by atoms with E-state index in [1.807, 2.05) is 26.0 Å². The van der Waals surface area contributed by atoms with Crippen molar-refractivity contribution in [2.24, 2.45) is 0 Å². The lowest BCUT2D eigenvalue weighted by atomic mass is 10.1. The molecular weight excluding hydrogens is 324 g/mol. The van der Waals surface area contributed by atoms with E-state index in [2.05, 4.69) is 16.0 Å². The van der Waals surface area contributed by atoms with Gasteiger partial charge in [0, 0.05) is 13.1 Å². The van der Waals surface area contributed by atoms with Gasteiger partial charge in [-0.15, -0.1) is 0 Å². The summed E-state index contributed by atoms with van der Waals surface area (Å²) in [6.07, 6.45) is 0.0494. The Balaban J connectivity index is 2.05. The molecule has 8 nitrogen and oxygen atoms in total. The third-order valence-corrected chi connectivity index (χ3v) is 3.98. The molecule has 0 unspecified atom stereocenters. The van der Waals surface area contributed by atoms with Crippen LogP contribution in [0.25, 0.3) is 0 Å². The van der Waals surface area contributed by atoms with Crippen molar-refractivity contribution < 1.29 is 19.1 Å². The minimum atomic E-state index is -0.721. The minimum Gasteiger partial charge on any atom is -0.477 e. The van der Waals surface area contributed by atoms with Gasteiger partial charge in [-0.3, -0.25) is 14.9 Å². The summed E-state index contributed by atoms with van der Waals surface area (Å²) in [5.41, 5.74) is 0.708. The highest BCUT2D eigenvalue weighted by molar-refractivity contribution is 5.97. The third-order valence-electron chi connectivity index (χ3n) is 3.98. The molecule has 1 heterocycles. The van der Waals surface area contributed by atoms with Crippen molar-refractivity contribution in [1.29, 1.82) is 0 Å². The number of amides is 4. The van der Waals surface area contributed by atoms with Gasteiger partial charge in [0.05, 0.1) is 18.8 Å². The number of urea groups is 1. The Kier molecular flexibility index (Phi) is 6.21. The van der Waals surface area contributed by atoms with Crippen LogP contribution in [0.5, 0.6) is 5.75 Å². The van der Waals surface area contributed by atoms with Crippen LogP contribution in [0.15, 0.2) is 24.3 Å². The Morgan fingerprint density at radius 3 is 2.72 bits per heavy atom. The maximum atomic E-state index is 12.2. The van der Waals surface area contributed by atoms with E-state index in [1.54, 1.807) is 17.0 Å². The first-order chi connectivity index (χ1) is 11.9. The summed E-state index contributed by atoms with van der Waals surface area (Å²) in [5, 5.41) is 7.53. The fourth-order valence-electron chi connectivity index (χ4n) is 2.46. The lowest BCUT2D eigenvalue weighted by molar-refractivity contribution is -0.127. The van der Waals surface area contributed by atoms with Crippen molar-refractivity contribution in [3.63, 3.8) is 0 Å². The van der Waals surface area contributed by atoms with Gasteiger partial charge in [0.2, 0.25) is 5.91 Å². The van der Waals surface area contributed by atoms with Crippen molar-refractivity contribution in [2.75, 3.05) is 25.0 Å². The van der Waals surface area contributed by atoms with Gasteiger partial charge in [-0.25, -0.2) is 4.79 Å². The molecule has 4 amide bonds. The predicted molar refractivity (Wildman–Crippen MR) is 93.6 cm³/mol. The number of anilines is 1. The second kappa shape index (κ2) is 8.36. The van der Waals surface area contributed by atoms with Crippen LogP contribution in [-0.2, 0) is 9.59 Å². The van der Waals surface area contributed by atoms with Crippen LogP contribution in [0, 0.1) is 0 Å². The van der Waals surface area contributed by atoms with Crippen LogP contribution < -0.4 is 25.6 Å². The van der Waals surface area contributed by atoms with Crippen LogP contribution in [0.2, 0.25) is 0 Å². The number of benzene rings is 1. The second-order valence-electron chi connectivity index (χ2n) is 5.90. The van der Waals surface area contributed by atoms with E-state index < -0.39 is 18.0 Å². The lowest BCUT2D eigenvalue weighted by Crippen LogP contribution is -2.52. The van der Waals surface area contributed by atoms with Crippen molar-refractivity contribution >= 4 is 23.5 Å². The molecule has 2 rings (SSSR count). The summed E-state index contributed by atoms with van der Waals surface area (Å²) in [7, 11) is 1.53. The second-order valence-corrected chi connectivity index (χ2v) is 5.90. The molecule has 0 radical (unpaired) electrons. The topological polar surface area (TPSA) is 99.8 Å². The van der Waals surface area contributed by atoms with E-state index >= 15 is 0 Å². The normalized spacial score (nSPS) is 16.9.